The van der Waals surface area contributed by atoms with E-state index in [0.29, 0.717) is 6.04 Å². The Balaban J connectivity index is 2.10. The summed E-state index contributed by atoms with van der Waals surface area (Å²) < 4.78 is 1.96. The van der Waals surface area contributed by atoms with Gasteiger partial charge in [0.15, 0.2) is 0 Å². The van der Waals surface area contributed by atoms with Crippen LogP contribution in [0.25, 0.3) is 0 Å². The monoisotopic (exact) mass is 265 g/mol. The molecule has 2 aromatic rings. The van der Waals surface area contributed by atoms with Crippen molar-refractivity contribution in [1.82, 2.24) is 20.2 Å². The molecule has 0 radical (unpaired) electrons. The number of nitrogens with one attached hydrogen (secondary N) is 1. The summed E-state index contributed by atoms with van der Waals surface area (Å²) in [5.74, 6) is 5.62. The minimum absolute atomic E-state index is 0.0757. The van der Waals surface area contributed by atoms with Crippen LogP contribution in [0, 0.1) is 6.92 Å². The Kier molecular flexibility index (Phi) is 4.11. The fourth-order valence-electron chi connectivity index (χ4n) is 1.76. The molecule has 18 heavy (non-hydrogen) atoms. The molecule has 6 heteroatoms. The fraction of sp³-hybridized carbons (Fsp3) is 0.500. The van der Waals surface area contributed by atoms with Crippen molar-refractivity contribution in [2.75, 3.05) is 0 Å². The van der Waals surface area contributed by atoms with Crippen molar-refractivity contribution in [2.24, 2.45) is 5.84 Å². The van der Waals surface area contributed by atoms with Crippen LogP contribution in [0.5, 0.6) is 0 Å². The maximum Gasteiger partial charge on any atom is 0.0897 e. The van der Waals surface area contributed by atoms with E-state index in [-0.39, 0.29) is 6.04 Å². The van der Waals surface area contributed by atoms with E-state index in [0.717, 1.165) is 22.0 Å². The van der Waals surface area contributed by atoms with Crippen LogP contribution in [0.2, 0.25) is 0 Å². The van der Waals surface area contributed by atoms with E-state index < -0.39 is 0 Å². The second-order valence-electron chi connectivity index (χ2n) is 4.59. The number of aryl methyl sites for hydroxylation is 1. The first-order valence-corrected chi connectivity index (χ1v) is 6.84. The molecule has 1 atom stereocenters. The Morgan fingerprint density at radius 2 is 2.28 bits per heavy atom. The summed E-state index contributed by atoms with van der Waals surface area (Å²) in [4.78, 5) is 5.41. The van der Waals surface area contributed by atoms with Gasteiger partial charge in [-0.15, -0.1) is 11.3 Å². The van der Waals surface area contributed by atoms with Gasteiger partial charge < -0.3 is 0 Å². The van der Waals surface area contributed by atoms with Crippen LogP contribution in [0.1, 0.15) is 41.5 Å². The molecule has 0 saturated carbocycles. The van der Waals surface area contributed by atoms with Crippen LogP contribution in [0.15, 0.2) is 18.5 Å². The number of nitrogens with zero attached hydrogens (tertiary/aromatic N) is 3. The minimum Gasteiger partial charge on any atom is -0.271 e. The van der Waals surface area contributed by atoms with E-state index in [4.69, 9.17) is 5.84 Å². The first kappa shape index (κ1) is 13.2. The molecule has 0 amide bonds. The van der Waals surface area contributed by atoms with Gasteiger partial charge in [-0.2, -0.15) is 5.10 Å². The maximum absolute atomic E-state index is 5.62. The lowest BCUT2D eigenvalue weighted by atomic mass is 10.1. The molecule has 0 fully saturated rings. The van der Waals surface area contributed by atoms with E-state index in [1.54, 1.807) is 11.3 Å². The Morgan fingerprint density at radius 3 is 2.78 bits per heavy atom. The Bertz CT molecular complexity index is 502. The zero-order chi connectivity index (χ0) is 13.1. The average Bonchev–Trinajstić information content (AvgIpc) is 2.94. The highest BCUT2D eigenvalue weighted by molar-refractivity contribution is 7.11. The maximum atomic E-state index is 5.62. The summed E-state index contributed by atoms with van der Waals surface area (Å²) in [5.41, 5.74) is 3.88. The van der Waals surface area contributed by atoms with E-state index in [2.05, 4.69) is 29.4 Å². The first-order chi connectivity index (χ1) is 8.60. The third-order valence-electron chi connectivity index (χ3n) is 2.79. The number of thiazole rings is 1. The number of hydrazine groups is 1. The van der Waals surface area contributed by atoms with Crippen LogP contribution < -0.4 is 11.3 Å². The van der Waals surface area contributed by atoms with Gasteiger partial charge in [0.05, 0.1) is 16.7 Å². The molecule has 0 bridgehead atoms. The van der Waals surface area contributed by atoms with Gasteiger partial charge in [-0.05, 0) is 26.8 Å². The van der Waals surface area contributed by atoms with Crippen LogP contribution in [-0.2, 0) is 6.42 Å². The van der Waals surface area contributed by atoms with Gasteiger partial charge in [-0.25, -0.2) is 4.98 Å². The lowest BCUT2D eigenvalue weighted by Gasteiger charge is -2.12. The van der Waals surface area contributed by atoms with Crippen LogP contribution in [0.4, 0.5) is 0 Å². The molecule has 5 nitrogen and oxygen atoms in total. The van der Waals surface area contributed by atoms with Gasteiger partial charge in [0.25, 0.3) is 0 Å². The normalized spacial score (nSPS) is 13.2. The summed E-state index contributed by atoms with van der Waals surface area (Å²) in [6.45, 7) is 6.22. The predicted molar refractivity (Wildman–Crippen MR) is 73.2 cm³/mol. The molecule has 3 N–H and O–H groups in total. The van der Waals surface area contributed by atoms with E-state index >= 15 is 0 Å². The van der Waals surface area contributed by atoms with Crippen molar-refractivity contribution in [2.45, 2.75) is 39.3 Å². The van der Waals surface area contributed by atoms with Crippen molar-refractivity contribution in [1.29, 1.82) is 0 Å². The van der Waals surface area contributed by atoms with E-state index in [1.165, 1.54) is 0 Å². The number of nitrogens with two attached hydrogens (primary N) is 1. The van der Waals surface area contributed by atoms with Crippen LogP contribution in [0.3, 0.4) is 0 Å². The average molecular weight is 265 g/mol. The third-order valence-corrected chi connectivity index (χ3v) is 3.82. The summed E-state index contributed by atoms with van der Waals surface area (Å²) in [6, 6.07) is 2.50. The number of hydrogen-bond acceptors (Lipinski definition) is 5. The highest BCUT2D eigenvalue weighted by Crippen LogP contribution is 2.23. The minimum atomic E-state index is 0.0757. The van der Waals surface area contributed by atoms with Gasteiger partial charge in [-0.3, -0.25) is 16.0 Å². The summed E-state index contributed by atoms with van der Waals surface area (Å²) in [5, 5.41) is 5.59. The van der Waals surface area contributed by atoms with Gasteiger partial charge in [0, 0.05) is 29.7 Å². The van der Waals surface area contributed by atoms with E-state index in [1.807, 2.05) is 30.1 Å². The predicted octanol–water partition coefficient (Wildman–Crippen LogP) is 1.98. The molecule has 1 unspecified atom stereocenters. The van der Waals surface area contributed by atoms with E-state index in [9.17, 15) is 0 Å². The lowest BCUT2D eigenvalue weighted by molar-refractivity contribution is 0.509. The Labute approximate surface area is 111 Å². The van der Waals surface area contributed by atoms with Crippen LogP contribution >= 0.6 is 11.3 Å². The highest BCUT2D eigenvalue weighted by Gasteiger charge is 2.15. The molecule has 0 aliphatic heterocycles. The zero-order valence-corrected chi connectivity index (χ0v) is 11.7. The summed E-state index contributed by atoms with van der Waals surface area (Å²) in [7, 11) is 0. The Morgan fingerprint density at radius 1 is 1.50 bits per heavy atom. The summed E-state index contributed by atoms with van der Waals surface area (Å²) in [6.07, 6.45) is 4.66. The standard InChI is InChI=1S/C12H19N5S/c1-8(2)17-5-4-10(16-17)6-11(15-13)12-7-14-9(3)18-12/h4-5,7-8,11,15H,6,13H2,1-3H3. The SMILES string of the molecule is Cc1ncc(C(Cc2ccn(C(C)C)n2)NN)s1. The van der Waals surface area contributed by atoms with Crippen molar-refractivity contribution in [3.63, 3.8) is 0 Å². The molecule has 0 aliphatic rings. The van der Waals surface area contributed by atoms with Gasteiger partial charge >= 0.3 is 0 Å². The largest absolute Gasteiger partial charge is 0.271 e. The second kappa shape index (κ2) is 5.60. The first-order valence-electron chi connectivity index (χ1n) is 6.02. The van der Waals surface area contributed by atoms with Crippen molar-refractivity contribution >= 4 is 11.3 Å². The van der Waals surface area contributed by atoms with Gasteiger partial charge in [0.2, 0.25) is 0 Å². The number of hydrogen-bond donors (Lipinski definition) is 2. The smallest absolute Gasteiger partial charge is 0.0897 e. The second-order valence-corrected chi connectivity index (χ2v) is 5.85. The Hall–Kier alpha value is -1.24. The third kappa shape index (κ3) is 2.95. The zero-order valence-electron chi connectivity index (χ0n) is 10.9. The molecule has 0 aromatic carbocycles. The molecule has 2 aromatic heterocycles. The lowest BCUT2D eigenvalue weighted by Crippen LogP contribution is -2.29. The number of rotatable bonds is 5. The quantitative estimate of drug-likeness (QED) is 0.640. The molecule has 0 aliphatic carbocycles. The molecular formula is C12H19N5S. The van der Waals surface area contributed by atoms with Crippen LogP contribution in [-0.4, -0.2) is 14.8 Å². The highest BCUT2D eigenvalue weighted by atomic mass is 32.1. The molecule has 0 saturated heterocycles. The van der Waals surface area contributed by atoms with Crippen molar-refractivity contribution in [3.05, 3.63) is 34.0 Å². The molecule has 0 spiro atoms. The van der Waals surface area contributed by atoms with Crippen molar-refractivity contribution in [3.8, 4) is 0 Å². The molecular weight excluding hydrogens is 246 g/mol. The summed E-state index contributed by atoms with van der Waals surface area (Å²) >= 11 is 1.66. The van der Waals surface area contributed by atoms with Gasteiger partial charge in [-0.1, -0.05) is 0 Å². The van der Waals surface area contributed by atoms with Gasteiger partial charge in [0.1, 0.15) is 0 Å². The number of aromatic nitrogens is 3. The fourth-order valence-corrected chi connectivity index (χ4v) is 2.61. The molecule has 98 valence electrons. The van der Waals surface area contributed by atoms with Crippen molar-refractivity contribution < 1.29 is 0 Å². The molecule has 2 heterocycles. The molecule has 2 rings (SSSR count). The topological polar surface area (TPSA) is 68.8 Å².